The summed E-state index contributed by atoms with van der Waals surface area (Å²) in [5.41, 5.74) is 3.78. The molecule has 0 bridgehead atoms. The molecule has 1 fully saturated rings. The molecule has 5 heteroatoms. The van der Waals surface area contributed by atoms with E-state index in [-0.39, 0.29) is 0 Å². The molecule has 0 amide bonds. The minimum absolute atomic E-state index is 0.322. The van der Waals surface area contributed by atoms with Crippen molar-refractivity contribution in [3.8, 4) is 22.9 Å². The Labute approximate surface area is 216 Å². The molecular formula is C31H41N3O2. The van der Waals surface area contributed by atoms with E-state index in [2.05, 4.69) is 71.1 Å². The monoisotopic (exact) mass is 487 g/mol. The zero-order valence-corrected chi connectivity index (χ0v) is 21.8. The number of hydrogen-bond donors (Lipinski definition) is 0. The molecule has 0 spiro atoms. The van der Waals surface area contributed by atoms with Crippen LogP contribution in [0.5, 0.6) is 11.5 Å². The molecule has 3 aromatic rings. The normalized spacial score (nSPS) is 15.9. The first kappa shape index (κ1) is 24.9. The SMILES string of the molecule is CCCCn1c(CN(CCC2CCCCCC2)Cc2ccc3c(c2)OCO3)cnc1-c1ccccc1. The highest BCUT2D eigenvalue weighted by molar-refractivity contribution is 5.55. The summed E-state index contributed by atoms with van der Waals surface area (Å²) in [7, 11) is 0. The molecule has 1 aliphatic heterocycles. The van der Waals surface area contributed by atoms with Crippen LogP contribution in [0.4, 0.5) is 0 Å². The molecule has 2 aromatic carbocycles. The standard InChI is InChI=1S/C31H41N3O2/c1-2-3-18-34-28(21-32-31(34)27-13-9-6-10-14-27)23-33(19-17-25-11-7-4-5-8-12-25)22-26-15-16-29-30(20-26)36-24-35-29/h6,9-10,13-16,20-21,25H,2-5,7-8,11-12,17-19,22-24H2,1H3. The van der Waals surface area contributed by atoms with Gasteiger partial charge in [0.2, 0.25) is 6.79 Å². The van der Waals surface area contributed by atoms with E-state index >= 15 is 0 Å². The van der Waals surface area contributed by atoms with Crippen LogP contribution in [0.2, 0.25) is 0 Å². The quantitative estimate of drug-likeness (QED) is 0.263. The number of ether oxygens (including phenoxy) is 2. The van der Waals surface area contributed by atoms with Gasteiger partial charge < -0.3 is 14.0 Å². The average Bonchev–Trinajstić information content (AvgIpc) is 3.45. The first-order valence-electron chi connectivity index (χ1n) is 14.0. The predicted octanol–water partition coefficient (Wildman–Crippen LogP) is 7.44. The fourth-order valence-electron chi connectivity index (χ4n) is 5.68. The second-order valence-corrected chi connectivity index (χ2v) is 10.5. The van der Waals surface area contributed by atoms with Gasteiger partial charge >= 0.3 is 0 Å². The van der Waals surface area contributed by atoms with E-state index in [1.165, 1.54) is 68.2 Å². The molecule has 1 aliphatic carbocycles. The lowest BCUT2D eigenvalue weighted by Crippen LogP contribution is -2.27. The van der Waals surface area contributed by atoms with Gasteiger partial charge in [-0.3, -0.25) is 4.90 Å². The number of imidazole rings is 1. The van der Waals surface area contributed by atoms with Gasteiger partial charge in [-0.05, 0) is 43.0 Å². The third-order valence-corrected chi connectivity index (χ3v) is 7.76. The van der Waals surface area contributed by atoms with Gasteiger partial charge in [-0.15, -0.1) is 0 Å². The van der Waals surface area contributed by atoms with Crippen molar-refractivity contribution in [2.24, 2.45) is 5.92 Å². The average molecular weight is 488 g/mol. The smallest absolute Gasteiger partial charge is 0.231 e. The van der Waals surface area contributed by atoms with Gasteiger partial charge in [-0.2, -0.15) is 0 Å². The maximum atomic E-state index is 5.67. The maximum absolute atomic E-state index is 5.67. The lowest BCUT2D eigenvalue weighted by molar-refractivity contribution is 0.174. The van der Waals surface area contributed by atoms with Crippen molar-refractivity contribution >= 4 is 0 Å². The number of nitrogens with zero attached hydrogens (tertiary/aromatic N) is 3. The molecule has 2 heterocycles. The van der Waals surface area contributed by atoms with E-state index in [0.29, 0.717) is 6.79 Å². The Morgan fingerprint density at radius 3 is 2.56 bits per heavy atom. The van der Waals surface area contributed by atoms with Gasteiger partial charge in [0, 0.05) is 25.2 Å². The van der Waals surface area contributed by atoms with Gasteiger partial charge in [0.25, 0.3) is 0 Å². The Morgan fingerprint density at radius 2 is 1.75 bits per heavy atom. The molecule has 0 saturated heterocycles. The molecule has 36 heavy (non-hydrogen) atoms. The summed E-state index contributed by atoms with van der Waals surface area (Å²) in [6.45, 7) is 6.52. The summed E-state index contributed by atoms with van der Waals surface area (Å²) >= 11 is 0. The van der Waals surface area contributed by atoms with Crippen LogP contribution in [0.25, 0.3) is 11.4 Å². The fraction of sp³-hybridized carbons (Fsp3) is 0.516. The number of unbranched alkanes of at least 4 members (excludes halogenated alkanes) is 1. The van der Waals surface area contributed by atoms with E-state index in [4.69, 9.17) is 14.5 Å². The minimum atomic E-state index is 0.322. The van der Waals surface area contributed by atoms with Crippen molar-refractivity contribution in [1.29, 1.82) is 0 Å². The summed E-state index contributed by atoms with van der Waals surface area (Å²) in [4.78, 5) is 7.53. The van der Waals surface area contributed by atoms with Crippen LogP contribution in [0.3, 0.4) is 0 Å². The molecule has 1 saturated carbocycles. The minimum Gasteiger partial charge on any atom is -0.454 e. The van der Waals surface area contributed by atoms with E-state index < -0.39 is 0 Å². The molecule has 5 rings (SSSR count). The van der Waals surface area contributed by atoms with E-state index in [1.807, 2.05) is 0 Å². The number of benzene rings is 2. The predicted molar refractivity (Wildman–Crippen MR) is 145 cm³/mol. The largest absolute Gasteiger partial charge is 0.454 e. The number of rotatable bonds is 11. The molecule has 0 unspecified atom stereocenters. The van der Waals surface area contributed by atoms with E-state index in [0.717, 1.165) is 55.8 Å². The number of fused-ring (bicyclic) bond motifs is 1. The third-order valence-electron chi connectivity index (χ3n) is 7.76. The van der Waals surface area contributed by atoms with Crippen molar-refractivity contribution in [1.82, 2.24) is 14.5 Å². The van der Waals surface area contributed by atoms with Gasteiger partial charge in [0.15, 0.2) is 11.5 Å². The summed E-state index contributed by atoms with van der Waals surface area (Å²) < 4.78 is 13.7. The molecule has 0 radical (unpaired) electrons. The molecule has 1 aromatic heterocycles. The maximum Gasteiger partial charge on any atom is 0.231 e. The summed E-state index contributed by atoms with van der Waals surface area (Å²) in [6, 6.07) is 17.0. The van der Waals surface area contributed by atoms with Gasteiger partial charge in [0.1, 0.15) is 5.82 Å². The van der Waals surface area contributed by atoms with Gasteiger partial charge in [-0.25, -0.2) is 4.98 Å². The Balaban J connectivity index is 1.37. The van der Waals surface area contributed by atoms with Crippen LogP contribution in [-0.4, -0.2) is 27.8 Å². The van der Waals surface area contributed by atoms with Crippen LogP contribution in [-0.2, 0) is 19.6 Å². The van der Waals surface area contributed by atoms with Crippen LogP contribution in [0.15, 0.2) is 54.7 Å². The highest BCUT2D eigenvalue weighted by atomic mass is 16.7. The molecule has 0 atom stereocenters. The molecular weight excluding hydrogens is 446 g/mol. The Bertz CT molecular complexity index is 1090. The third kappa shape index (κ3) is 6.31. The van der Waals surface area contributed by atoms with Crippen molar-refractivity contribution in [2.75, 3.05) is 13.3 Å². The first-order chi connectivity index (χ1) is 17.8. The van der Waals surface area contributed by atoms with Crippen LogP contribution in [0, 0.1) is 5.92 Å². The Hall–Kier alpha value is -2.79. The zero-order chi connectivity index (χ0) is 24.6. The molecule has 192 valence electrons. The zero-order valence-electron chi connectivity index (χ0n) is 21.8. The van der Waals surface area contributed by atoms with Crippen molar-refractivity contribution < 1.29 is 9.47 Å². The van der Waals surface area contributed by atoms with Gasteiger partial charge in [0.05, 0.1) is 11.9 Å². The topological polar surface area (TPSA) is 39.5 Å². The van der Waals surface area contributed by atoms with E-state index in [1.54, 1.807) is 0 Å². The van der Waals surface area contributed by atoms with Crippen LogP contribution >= 0.6 is 0 Å². The van der Waals surface area contributed by atoms with Crippen LogP contribution < -0.4 is 9.47 Å². The number of hydrogen-bond acceptors (Lipinski definition) is 4. The highest BCUT2D eigenvalue weighted by Crippen LogP contribution is 2.33. The first-order valence-corrected chi connectivity index (χ1v) is 14.0. The molecule has 2 aliphatic rings. The summed E-state index contributed by atoms with van der Waals surface area (Å²) in [6.07, 6.45) is 14.1. The van der Waals surface area contributed by atoms with Gasteiger partial charge in [-0.1, -0.05) is 88.3 Å². The summed E-state index contributed by atoms with van der Waals surface area (Å²) in [5.74, 6) is 3.67. The Kier molecular flexibility index (Phi) is 8.60. The lowest BCUT2D eigenvalue weighted by atomic mass is 9.96. The van der Waals surface area contributed by atoms with E-state index in [9.17, 15) is 0 Å². The van der Waals surface area contributed by atoms with Crippen molar-refractivity contribution in [2.45, 2.75) is 84.3 Å². The van der Waals surface area contributed by atoms with Crippen molar-refractivity contribution in [3.05, 3.63) is 66.0 Å². The molecule has 5 nitrogen and oxygen atoms in total. The van der Waals surface area contributed by atoms with Crippen LogP contribution in [0.1, 0.15) is 76.0 Å². The number of aromatic nitrogens is 2. The summed E-state index contributed by atoms with van der Waals surface area (Å²) in [5, 5.41) is 0. The lowest BCUT2D eigenvalue weighted by Gasteiger charge is -2.26. The second-order valence-electron chi connectivity index (χ2n) is 10.5. The molecule has 0 N–H and O–H groups in total. The fourth-order valence-corrected chi connectivity index (χ4v) is 5.68. The Morgan fingerprint density at radius 1 is 0.944 bits per heavy atom. The van der Waals surface area contributed by atoms with Crippen molar-refractivity contribution in [3.63, 3.8) is 0 Å². The highest BCUT2D eigenvalue weighted by Gasteiger charge is 2.20. The second kappa shape index (κ2) is 12.4.